The smallest absolute Gasteiger partial charge is 0.338 e. The van der Waals surface area contributed by atoms with Crippen molar-refractivity contribution in [1.29, 1.82) is 0 Å². The second kappa shape index (κ2) is 8.02. The molecule has 21 heavy (non-hydrogen) atoms. The maximum absolute atomic E-state index is 11.7. The second-order valence-corrected chi connectivity index (χ2v) is 6.35. The summed E-state index contributed by atoms with van der Waals surface area (Å²) in [6, 6.07) is 1.73. The van der Waals surface area contributed by atoms with Crippen molar-refractivity contribution >= 4 is 23.6 Å². The number of carbonyl (C=O) groups excluding carboxylic acids is 1. The number of aryl methyl sites for hydroxylation is 2. The number of hydrogen-bond acceptors (Lipinski definition) is 4. The van der Waals surface area contributed by atoms with Crippen molar-refractivity contribution in [3.05, 3.63) is 22.9 Å². The minimum atomic E-state index is -1.01. The predicted molar refractivity (Wildman–Crippen MR) is 83.9 cm³/mol. The van der Waals surface area contributed by atoms with Gasteiger partial charge in [0.1, 0.15) is 5.03 Å². The average Bonchev–Trinajstić information content (AvgIpc) is 2.34. The van der Waals surface area contributed by atoms with Gasteiger partial charge in [-0.3, -0.25) is 4.79 Å². The highest BCUT2D eigenvalue weighted by Gasteiger charge is 2.17. The van der Waals surface area contributed by atoms with Crippen LogP contribution in [0.1, 0.15) is 41.9 Å². The average molecular weight is 310 g/mol. The van der Waals surface area contributed by atoms with Gasteiger partial charge in [-0.1, -0.05) is 25.6 Å². The van der Waals surface area contributed by atoms with Gasteiger partial charge in [-0.15, -0.1) is 0 Å². The lowest BCUT2D eigenvalue weighted by molar-refractivity contribution is -0.118. The second-order valence-electron chi connectivity index (χ2n) is 5.39. The quantitative estimate of drug-likeness (QED) is 0.757. The first kappa shape index (κ1) is 17.5. The summed E-state index contributed by atoms with van der Waals surface area (Å²) in [5.74, 6) is -0.396. The van der Waals surface area contributed by atoms with Crippen molar-refractivity contribution in [2.75, 3.05) is 12.3 Å². The van der Waals surface area contributed by atoms with E-state index in [1.165, 1.54) is 11.8 Å². The molecular weight excluding hydrogens is 288 g/mol. The maximum atomic E-state index is 11.7. The monoisotopic (exact) mass is 310 g/mol. The van der Waals surface area contributed by atoms with Crippen LogP contribution in [0.15, 0.2) is 11.1 Å². The zero-order valence-electron chi connectivity index (χ0n) is 12.9. The van der Waals surface area contributed by atoms with Crippen molar-refractivity contribution in [2.24, 2.45) is 5.92 Å². The Hall–Kier alpha value is -1.56. The molecule has 1 heterocycles. The van der Waals surface area contributed by atoms with Gasteiger partial charge in [-0.25, -0.2) is 9.78 Å². The third-order valence-electron chi connectivity index (χ3n) is 2.91. The highest BCUT2D eigenvalue weighted by atomic mass is 32.2. The predicted octanol–water partition coefficient (Wildman–Crippen LogP) is 2.65. The fourth-order valence-corrected chi connectivity index (χ4v) is 2.82. The molecule has 1 aromatic heterocycles. The Bertz CT molecular complexity index is 530. The summed E-state index contributed by atoms with van der Waals surface area (Å²) in [4.78, 5) is 27.3. The number of aromatic nitrogens is 1. The molecule has 0 aliphatic heterocycles. The van der Waals surface area contributed by atoms with E-state index in [9.17, 15) is 14.7 Å². The molecule has 0 aromatic carbocycles. The summed E-state index contributed by atoms with van der Waals surface area (Å²) < 4.78 is 0. The van der Waals surface area contributed by atoms with Crippen molar-refractivity contribution < 1.29 is 14.7 Å². The first-order chi connectivity index (χ1) is 9.81. The molecule has 0 atom stereocenters. The van der Waals surface area contributed by atoms with Gasteiger partial charge in [0.05, 0.1) is 11.3 Å². The molecule has 0 spiro atoms. The van der Waals surface area contributed by atoms with Gasteiger partial charge < -0.3 is 10.4 Å². The lowest BCUT2D eigenvalue weighted by Crippen LogP contribution is -2.27. The van der Waals surface area contributed by atoms with Crippen LogP contribution in [0.4, 0.5) is 0 Å². The Balaban J connectivity index is 2.66. The van der Waals surface area contributed by atoms with E-state index in [0.29, 0.717) is 23.1 Å². The minimum Gasteiger partial charge on any atom is -0.478 e. The molecule has 1 rings (SSSR count). The van der Waals surface area contributed by atoms with Gasteiger partial charge in [0.25, 0.3) is 0 Å². The highest BCUT2D eigenvalue weighted by molar-refractivity contribution is 8.00. The van der Waals surface area contributed by atoms with Crippen LogP contribution in [-0.4, -0.2) is 34.3 Å². The lowest BCUT2D eigenvalue weighted by atomic mass is 10.1. The van der Waals surface area contributed by atoms with Gasteiger partial charge in [0.2, 0.25) is 5.91 Å². The molecule has 6 heteroatoms. The van der Waals surface area contributed by atoms with E-state index in [1.54, 1.807) is 13.0 Å². The number of nitrogens with zero attached hydrogens (tertiary/aromatic N) is 1. The van der Waals surface area contributed by atoms with Crippen LogP contribution in [0.3, 0.4) is 0 Å². The van der Waals surface area contributed by atoms with Crippen molar-refractivity contribution in [2.45, 2.75) is 39.1 Å². The van der Waals surface area contributed by atoms with Gasteiger partial charge in [-0.05, 0) is 37.8 Å². The molecule has 0 saturated carbocycles. The highest BCUT2D eigenvalue weighted by Crippen LogP contribution is 2.24. The Morgan fingerprint density at radius 1 is 1.38 bits per heavy atom. The minimum absolute atomic E-state index is 0.0991. The molecule has 0 bridgehead atoms. The van der Waals surface area contributed by atoms with Crippen LogP contribution >= 0.6 is 11.8 Å². The summed E-state index contributed by atoms with van der Waals surface area (Å²) in [5.41, 5.74) is 1.60. The molecule has 116 valence electrons. The van der Waals surface area contributed by atoms with Gasteiger partial charge >= 0.3 is 5.97 Å². The summed E-state index contributed by atoms with van der Waals surface area (Å²) in [7, 11) is 0. The van der Waals surface area contributed by atoms with E-state index in [4.69, 9.17) is 0 Å². The number of rotatable bonds is 7. The topological polar surface area (TPSA) is 79.3 Å². The molecule has 0 fully saturated rings. The number of thioether (sulfide) groups is 1. The molecule has 1 aromatic rings. The van der Waals surface area contributed by atoms with E-state index in [-0.39, 0.29) is 17.2 Å². The molecule has 0 radical (unpaired) electrons. The Morgan fingerprint density at radius 2 is 2.05 bits per heavy atom. The Labute approximate surface area is 129 Å². The molecule has 2 N–H and O–H groups in total. The zero-order chi connectivity index (χ0) is 16.0. The van der Waals surface area contributed by atoms with E-state index in [1.807, 2.05) is 6.92 Å². The lowest BCUT2D eigenvalue weighted by Gasteiger charge is -2.10. The van der Waals surface area contributed by atoms with Gasteiger partial charge in [-0.2, -0.15) is 0 Å². The molecule has 0 aliphatic carbocycles. The summed E-state index contributed by atoms with van der Waals surface area (Å²) >= 11 is 1.17. The van der Waals surface area contributed by atoms with E-state index in [2.05, 4.69) is 24.1 Å². The first-order valence-electron chi connectivity index (χ1n) is 6.92. The number of aromatic carboxylic acids is 1. The van der Waals surface area contributed by atoms with Crippen LogP contribution in [-0.2, 0) is 4.79 Å². The normalized spacial score (nSPS) is 10.7. The van der Waals surface area contributed by atoms with Crippen LogP contribution < -0.4 is 5.32 Å². The maximum Gasteiger partial charge on any atom is 0.338 e. The SMILES string of the molecule is Cc1cc(C)c(C(=O)O)c(SCC(=O)NCCC(C)C)n1. The third kappa shape index (κ3) is 5.75. The molecule has 0 saturated heterocycles. The van der Waals surface area contributed by atoms with Crippen molar-refractivity contribution in [1.82, 2.24) is 10.3 Å². The largest absolute Gasteiger partial charge is 0.478 e. The Kier molecular flexibility index (Phi) is 6.68. The number of pyridine rings is 1. The van der Waals surface area contributed by atoms with Gasteiger partial charge in [0.15, 0.2) is 0 Å². The van der Waals surface area contributed by atoms with Crippen molar-refractivity contribution in [3.8, 4) is 0 Å². The fraction of sp³-hybridized carbons (Fsp3) is 0.533. The fourth-order valence-electron chi connectivity index (χ4n) is 1.85. The number of carboxylic acid groups (broad SMARTS) is 1. The molecule has 0 aliphatic rings. The van der Waals surface area contributed by atoms with E-state index in [0.717, 1.165) is 12.1 Å². The van der Waals surface area contributed by atoms with Crippen LogP contribution in [0, 0.1) is 19.8 Å². The number of amides is 1. The summed E-state index contributed by atoms with van der Waals surface area (Å²) in [6.07, 6.45) is 0.929. The standard InChI is InChI=1S/C15H22N2O3S/c1-9(2)5-6-16-12(18)8-21-14-13(15(19)20)10(3)7-11(4)17-14/h7,9H,5-6,8H2,1-4H3,(H,16,18)(H,19,20). The number of carboxylic acids is 1. The number of carbonyl (C=O) groups is 2. The number of nitrogens with one attached hydrogen (secondary N) is 1. The van der Waals surface area contributed by atoms with Crippen LogP contribution in [0.2, 0.25) is 0 Å². The summed E-state index contributed by atoms with van der Waals surface area (Å²) in [5, 5.41) is 12.5. The van der Waals surface area contributed by atoms with Crippen LogP contribution in [0.5, 0.6) is 0 Å². The molecule has 5 nitrogen and oxygen atoms in total. The number of hydrogen-bond donors (Lipinski definition) is 2. The van der Waals surface area contributed by atoms with Crippen molar-refractivity contribution in [3.63, 3.8) is 0 Å². The first-order valence-corrected chi connectivity index (χ1v) is 7.90. The molecule has 1 amide bonds. The van der Waals surface area contributed by atoms with Gasteiger partial charge in [0, 0.05) is 12.2 Å². The zero-order valence-corrected chi connectivity index (χ0v) is 13.7. The summed E-state index contributed by atoms with van der Waals surface area (Å²) in [6.45, 7) is 8.39. The van der Waals surface area contributed by atoms with E-state index < -0.39 is 5.97 Å². The molecular formula is C15H22N2O3S. The molecule has 0 unspecified atom stereocenters. The van der Waals surface area contributed by atoms with E-state index >= 15 is 0 Å². The Morgan fingerprint density at radius 3 is 2.62 bits per heavy atom. The third-order valence-corrected chi connectivity index (χ3v) is 3.88. The van der Waals surface area contributed by atoms with Crippen LogP contribution in [0.25, 0.3) is 0 Å².